The van der Waals surface area contributed by atoms with Crippen molar-refractivity contribution in [2.45, 2.75) is 77.2 Å². The number of ether oxygens (including phenoxy) is 3. The van der Waals surface area contributed by atoms with E-state index in [1.807, 2.05) is 25.1 Å². The highest BCUT2D eigenvalue weighted by atomic mass is 35.5. The molecule has 0 spiro atoms. The van der Waals surface area contributed by atoms with Gasteiger partial charge in [-0.1, -0.05) is 49.2 Å². The topological polar surface area (TPSA) is 80.4 Å². The third-order valence-electron chi connectivity index (χ3n) is 7.84. The van der Waals surface area contributed by atoms with E-state index in [1.165, 1.54) is 0 Å². The smallest absolute Gasteiger partial charge is 0.407 e. The lowest BCUT2D eigenvalue weighted by atomic mass is 9.84. The molecule has 1 aromatic carbocycles. The number of anilines is 1. The number of allylic oxidation sites excluding steroid dienone is 3. The molecule has 3 aliphatic heterocycles. The minimum atomic E-state index is -0.429. The number of methoxy groups -OCH3 is 1. The minimum Gasteiger partial charge on any atom is -0.495 e. The number of hydrogen-bond donors (Lipinski definition) is 1. The van der Waals surface area contributed by atoms with E-state index in [0.717, 1.165) is 11.1 Å². The molecule has 3 aliphatic rings. The highest BCUT2D eigenvalue weighted by Crippen LogP contribution is 2.47. The molecule has 1 aromatic rings. The van der Waals surface area contributed by atoms with Gasteiger partial charge in [-0.15, -0.1) is 0 Å². The molecular weight excluding hydrogens is 480 g/mol. The van der Waals surface area contributed by atoms with Crippen LogP contribution in [-0.4, -0.2) is 50.0 Å². The molecule has 1 unspecified atom stereocenters. The molecule has 6 atom stereocenters. The van der Waals surface area contributed by atoms with Crippen LogP contribution in [0, 0.1) is 11.8 Å². The molecule has 4 rings (SSSR count). The summed E-state index contributed by atoms with van der Waals surface area (Å²) in [4.78, 5) is 27.1. The number of nitrogens with one attached hydrogen (secondary N) is 1. The standard InChI is InChI=1S/C28H37ClN2O5/c1-16-8-7-9-17(2)20-15-22(35-27(33)30-20)18(3)26-28(4,36-26)11-10-24(32)31(5)21-13-19(12-16)14-23(34-6)25(21)29/h7-9,13-14,17-18,20,22,26H,10-12,15H2,1-6H3,(H,30,33)/b9-7+,16-8+/t17-,18-,20?,22+,26+,28+/m1/s1. The SMILES string of the molecule is COc1cc2cc(c1Cl)N(C)C(=O)CC[C@]1(C)O[C@H]1[C@H](C)[C@@H]1CC(NC(=O)O1)[C@H](C)/C=C/C=C(\C)C2. The molecule has 7 nitrogen and oxygen atoms in total. The number of hydrogen-bond acceptors (Lipinski definition) is 5. The summed E-state index contributed by atoms with van der Waals surface area (Å²) in [5.41, 5.74) is 2.35. The summed E-state index contributed by atoms with van der Waals surface area (Å²) in [5.74, 6) is 0.654. The monoisotopic (exact) mass is 516 g/mol. The Morgan fingerprint density at radius 1 is 1.25 bits per heavy atom. The molecule has 0 radical (unpaired) electrons. The lowest BCUT2D eigenvalue weighted by Crippen LogP contribution is -2.50. The Balaban J connectivity index is 1.66. The highest BCUT2D eigenvalue weighted by Gasteiger charge is 2.57. The quantitative estimate of drug-likeness (QED) is 0.502. The van der Waals surface area contributed by atoms with Crippen LogP contribution in [0.4, 0.5) is 10.5 Å². The van der Waals surface area contributed by atoms with Crippen molar-refractivity contribution in [3.05, 3.63) is 46.5 Å². The van der Waals surface area contributed by atoms with Gasteiger partial charge < -0.3 is 24.4 Å². The average molecular weight is 517 g/mol. The van der Waals surface area contributed by atoms with E-state index in [2.05, 4.69) is 38.2 Å². The van der Waals surface area contributed by atoms with Gasteiger partial charge in [0.1, 0.15) is 16.9 Å². The van der Waals surface area contributed by atoms with Crippen LogP contribution >= 0.6 is 11.6 Å². The first-order chi connectivity index (χ1) is 17.0. The number of fused-ring (bicyclic) bond motifs is 5. The van der Waals surface area contributed by atoms with Gasteiger partial charge in [0, 0.05) is 31.8 Å². The molecule has 0 saturated carbocycles. The molecule has 8 heteroatoms. The summed E-state index contributed by atoms with van der Waals surface area (Å²) < 4.78 is 17.3. The van der Waals surface area contributed by atoms with Gasteiger partial charge >= 0.3 is 6.09 Å². The van der Waals surface area contributed by atoms with Crippen molar-refractivity contribution >= 4 is 29.3 Å². The molecule has 2 amide bonds. The van der Waals surface area contributed by atoms with E-state index < -0.39 is 5.60 Å². The number of rotatable bonds is 1. The van der Waals surface area contributed by atoms with Gasteiger partial charge in [0.15, 0.2) is 0 Å². The fourth-order valence-corrected chi connectivity index (χ4v) is 5.68. The summed E-state index contributed by atoms with van der Waals surface area (Å²) in [5, 5.41) is 3.40. The van der Waals surface area contributed by atoms with E-state index in [4.69, 9.17) is 25.8 Å². The molecule has 36 heavy (non-hydrogen) atoms. The highest BCUT2D eigenvalue weighted by molar-refractivity contribution is 6.35. The molecule has 196 valence electrons. The van der Waals surface area contributed by atoms with Gasteiger partial charge in [-0.25, -0.2) is 4.79 Å². The summed E-state index contributed by atoms with van der Waals surface area (Å²) >= 11 is 6.61. The maximum Gasteiger partial charge on any atom is 0.407 e. The van der Waals surface area contributed by atoms with Crippen LogP contribution in [0.2, 0.25) is 5.02 Å². The summed E-state index contributed by atoms with van der Waals surface area (Å²) in [6, 6.07) is 3.85. The Kier molecular flexibility index (Phi) is 7.72. The van der Waals surface area contributed by atoms with Crippen LogP contribution in [-0.2, 0) is 20.7 Å². The van der Waals surface area contributed by atoms with Crippen molar-refractivity contribution in [2.24, 2.45) is 11.8 Å². The molecule has 0 aliphatic carbocycles. The first-order valence-corrected chi connectivity index (χ1v) is 13.0. The van der Waals surface area contributed by atoms with Gasteiger partial charge in [0.05, 0.1) is 24.5 Å². The van der Waals surface area contributed by atoms with Crippen LogP contribution in [0.1, 0.15) is 52.5 Å². The second-order valence-corrected chi connectivity index (χ2v) is 11.0. The van der Waals surface area contributed by atoms with Gasteiger partial charge in [-0.3, -0.25) is 4.79 Å². The van der Waals surface area contributed by atoms with Crippen molar-refractivity contribution in [2.75, 3.05) is 19.1 Å². The lowest BCUT2D eigenvalue weighted by Gasteiger charge is -2.35. The molecule has 4 bridgehead atoms. The van der Waals surface area contributed by atoms with Gasteiger partial charge in [0.25, 0.3) is 0 Å². The Bertz CT molecular complexity index is 1090. The predicted octanol–water partition coefficient (Wildman–Crippen LogP) is 5.45. The fraction of sp³-hybridized carbons (Fsp3) is 0.571. The predicted molar refractivity (Wildman–Crippen MR) is 141 cm³/mol. The zero-order valence-corrected chi connectivity index (χ0v) is 22.7. The van der Waals surface area contributed by atoms with E-state index >= 15 is 0 Å². The van der Waals surface area contributed by atoms with Crippen LogP contribution in [0.5, 0.6) is 5.75 Å². The van der Waals surface area contributed by atoms with Crippen LogP contribution in [0.3, 0.4) is 0 Å². The largest absolute Gasteiger partial charge is 0.495 e. The third kappa shape index (κ3) is 5.57. The molecule has 1 N–H and O–H groups in total. The maximum atomic E-state index is 13.2. The Morgan fingerprint density at radius 3 is 2.72 bits per heavy atom. The zero-order valence-electron chi connectivity index (χ0n) is 22.0. The number of benzene rings is 1. The summed E-state index contributed by atoms with van der Waals surface area (Å²) in [7, 11) is 3.32. The number of carbonyl (C=O) groups is 2. The number of nitrogens with zero attached hydrogens (tertiary/aromatic N) is 1. The molecule has 2 fully saturated rings. The number of epoxide rings is 1. The lowest BCUT2D eigenvalue weighted by molar-refractivity contribution is -0.118. The minimum absolute atomic E-state index is 0.0194. The first kappa shape index (κ1) is 26.6. The van der Waals surface area contributed by atoms with Gasteiger partial charge in [0.2, 0.25) is 5.91 Å². The van der Waals surface area contributed by atoms with Crippen molar-refractivity contribution in [1.29, 1.82) is 0 Å². The van der Waals surface area contributed by atoms with Crippen LogP contribution < -0.4 is 15.0 Å². The average Bonchev–Trinajstić information content (AvgIpc) is 3.52. The van der Waals surface area contributed by atoms with E-state index in [0.29, 0.717) is 42.1 Å². The van der Waals surface area contributed by atoms with Crippen molar-refractivity contribution in [3.63, 3.8) is 0 Å². The molecular formula is C28H37ClN2O5. The zero-order chi connectivity index (χ0) is 26.2. The van der Waals surface area contributed by atoms with E-state index in [1.54, 1.807) is 19.1 Å². The van der Waals surface area contributed by atoms with Gasteiger partial charge in [-0.2, -0.15) is 0 Å². The molecule has 2 saturated heterocycles. The maximum absolute atomic E-state index is 13.2. The van der Waals surface area contributed by atoms with E-state index in [9.17, 15) is 9.59 Å². The Hall–Kier alpha value is -2.51. The second-order valence-electron chi connectivity index (χ2n) is 10.7. The van der Waals surface area contributed by atoms with Gasteiger partial charge in [-0.05, 0) is 50.3 Å². The number of carbonyl (C=O) groups excluding carboxylic acids is 2. The summed E-state index contributed by atoms with van der Waals surface area (Å²) in [6.45, 7) is 8.27. The van der Waals surface area contributed by atoms with Crippen LogP contribution in [0.25, 0.3) is 0 Å². The van der Waals surface area contributed by atoms with Crippen molar-refractivity contribution < 1.29 is 23.8 Å². The van der Waals surface area contributed by atoms with E-state index in [-0.39, 0.29) is 42.1 Å². The normalized spacial score (nSPS) is 35.6. The number of amides is 2. The first-order valence-electron chi connectivity index (χ1n) is 12.6. The fourth-order valence-electron chi connectivity index (χ4n) is 5.36. The third-order valence-corrected chi connectivity index (χ3v) is 8.22. The Morgan fingerprint density at radius 2 is 2.00 bits per heavy atom. The molecule has 0 aromatic heterocycles. The second kappa shape index (κ2) is 10.5. The van der Waals surface area contributed by atoms with Crippen molar-refractivity contribution in [1.82, 2.24) is 5.32 Å². The molecule has 3 heterocycles. The summed E-state index contributed by atoms with van der Waals surface area (Å²) in [6.07, 6.45) is 7.82. The van der Waals surface area contributed by atoms with Crippen LogP contribution in [0.15, 0.2) is 35.9 Å². The number of halogens is 1. The Labute approximate surface area is 218 Å². The number of alkyl carbamates (subject to hydrolysis) is 1. The van der Waals surface area contributed by atoms with Crippen molar-refractivity contribution in [3.8, 4) is 5.75 Å².